The fourth-order valence-electron chi connectivity index (χ4n) is 3.06. The average Bonchev–Trinajstić information content (AvgIpc) is 3.45. The van der Waals surface area contributed by atoms with Gasteiger partial charge < -0.3 is 13.9 Å². The summed E-state index contributed by atoms with van der Waals surface area (Å²) in [5, 5.41) is 4.38. The number of furan rings is 1. The molecule has 1 heterocycles. The van der Waals surface area contributed by atoms with Crippen LogP contribution in [0.1, 0.15) is 32.0 Å². The van der Waals surface area contributed by atoms with E-state index in [4.69, 9.17) is 25.5 Å². The van der Waals surface area contributed by atoms with Gasteiger partial charge >= 0.3 is 17.8 Å². The van der Waals surface area contributed by atoms with Crippen LogP contribution in [0.5, 0.6) is 11.5 Å². The largest absolute Gasteiger partial charge is 0.459 e. The molecular formula is C28H19ClN2O6. The second-order valence-electron chi connectivity index (χ2n) is 7.40. The number of ether oxygens (including phenoxy) is 2. The molecule has 1 aromatic heterocycles. The number of benzene rings is 3. The number of halogens is 1. The Balaban J connectivity index is 1.41. The predicted octanol–water partition coefficient (Wildman–Crippen LogP) is 5.53. The van der Waals surface area contributed by atoms with Crippen molar-refractivity contribution in [2.75, 3.05) is 0 Å². The van der Waals surface area contributed by atoms with Gasteiger partial charge in [-0.25, -0.2) is 15.0 Å². The topological polar surface area (TPSA) is 107 Å². The van der Waals surface area contributed by atoms with E-state index in [1.807, 2.05) is 0 Å². The molecule has 0 saturated heterocycles. The number of nitrogens with one attached hydrogen (secondary N) is 1. The lowest BCUT2D eigenvalue weighted by atomic mass is 10.2. The second-order valence-corrected chi connectivity index (χ2v) is 7.84. The summed E-state index contributed by atoms with van der Waals surface area (Å²) in [5.74, 6) is -1.14. The lowest BCUT2D eigenvalue weighted by molar-refractivity contribution is -0.128. The van der Waals surface area contributed by atoms with Gasteiger partial charge in [0.15, 0.2) is 5.76 Å². The summed E-state index contributed by atoms with van der Waals surface area (Å²) in [5.41, 5.74) is 3.62. The minimum absolute atomic E-state index is 0.112. The molecule has 37 heavy (non-hydrogen) atoms. The van der Waals surface area contributed by atoms with Crippen molar-refractivity contribution in [2.24, 2.45) is 5.10 Å². The zero-order valence-corrected chi connectivity index (χ0v) is 19.9. The number of hydrogen-bond acceptors (Lipinski definition) is 7. The molecule has 1 amide bonds. The summed E-state index contributed by atoms with van der Waals surface area (Å²) in [6.07, 6.45) is 5.41. The third-order valence-corrected chi connectivity index (χ3v) is 5.10. The molecule has 0 radical (unpaired) electrons. The van der Waals surface area contributed by atoms with Crippen LogP contribution in [0.4, 0.5) is 0 Å². The van der Waals surface area contributed by atoms with Crippen molar-refractivity contribution in [2.45, 2.75) is 0 Å². The maximum absolute atomic E-state index is 12.5. The van der Waals surface area contributed by atoms with E-state index in [0.717, 1.165) is 0 Å². The van der Waals surface area contributed by atoms with Gasteiger partial charge in [0, 0.05) is 22.2 Å². The third-order valence-electron chi connectivity index (χ3n) is 4.84. The van der Waals surface area contributed by atoms with Gasteiger partial charge in [-0.2, -0.15) is 5.10 Å². The van der Waals surface area contributed by atoms with Crippen LogP contribution >= 0.6 is 11.6 Å². The van der Waals surface area contributed by atoms with Crippen LogP contribution in [0.25, 0.3) is 6.08 Å². The number of amides is 1. The molecule has 9 heteroatoms. The summed E-state index contributed by atoms with van der Waals surface area (Å²) in [4.78, 5) is 36.9. The molecule has 3 aromatic carbocycles. The van der Waals surface area contributed by atoms with E-state index in [9.17, 15) is 14.4 Å². The Labute approximate surface area is 216 Å². The fourth-order valence-corrected chi connectivity index (χ4v) is 3.19. The van der Waals surface area contributed by atoms with Crippen LogP contribution in [0.3, 0.4) is 0 Å². The Morgan fingerprint density at radius 3 is 2.19 bits per heavy atom. The highest BCUT2D eigenvalue weighted by atomic mass is 35.5. The Bertz CT molecular complexity index is 1460. The molecule has 0 aliphatic carbocycles. The van der Waals surface area contributed by atoms with Crippen LogP contribution in [0.2, 0.25) is 5.02 Å². The molecule has 0 fully saturated rings. The first-order valence-electron chi connectivity index (χ1n) is 10.9. The summed E-state index contributed by atoms with van der Waals surface area (Å²) in [7, 11) is 0. The zero-order valence-electron chi connectivity index (χ0n) is 19.2. The Morgan fingerprint density at radius 1 is 0.811 bits per heavy atom. The van der Waals surface area contributed by atoms with Crippen LogP contribution in [-0.4, -0.2) is 24.1 Å². The van der Waals surface area contributed by atoms with E-state index in [1.165, 1.54) is 30.7 Å². The van der Waals surface area contributed by atoms with Crippen molar-refractivity contribution in [3.8, 4) is 11.5 Å². The molecule has 0 aliphatic heterocycles. The number of carbonyl (C=O) groups excluding carboxylic acids is 3. The molecule has 0 atom stereocenters. The Morgan fingerprint density at radius 2 is 1.49 bits per heavy atom. The molecule has 8 nitrogen and oxygen atoms in total. The van der Waals surface area contributed by atoms with E-state index in [0.29, 0.717) is 21.7 Å². The van der Waals surface area contributed by atoms with E-state index >= 15 is 0 Å². The third kappa shape index (κ3) is 7.03. The van der Waals surface area contributed by atoms with Gasteiger partial charge in [0.1, 0.15) is 11.5 Å². The molecule has 4 rings (SSSR count). The van der Waals surface area contributed by atoms with Crippen LogP contribution in [-0.2, 0) is 4.79 Å². The van der Waals surface area contributed by atoms with Gasteiger partial charge in [0.25, 0.3) is 0 Å². The van der Waals surface area contributed by atoms with E-state index in [2.05, 4.69) is 10.5 Å². The first-order chi connectivity index (χ1) is 18.0. The average molecular weight is 515 g/mol. The van der Waals surface area contributed by atoms with Gasteiger partial charge in [0.2, 0.25) is 0 Å². The van der Waals surface area contributed by atoms with Gasteiger partial charge in [0.05, 0.1) is 18.0 Å². The molecule has 4 aromatic rings. The van der Waals surface area contributed by atoms with Gasteiger partial charge in [-0.15, -0.1) is 0 Å². The lowest BCUT2D eigenvalue weighted by Crippen LogP contribution is -2.16. The number of hydrazone groups is 1. The maximum atomic E-state index is 12.5. The number of carbonyl (C=O) groups is 3. The predicted molar refractivity (Wildman–Crippen MR) is 138 cm³/mol. The molecule has 0 spiro atoms. The Hall–Kier alpha value is -4.95. The molecule has 0 bridgehead atoms. The van der Waals surface area contributed by atoms with Gasteiger partial charge in [-0.05, 0) is 60.7 Å². The van der Waals surface area contributed by atoms with Crippen molar-refractivity contribution in [1.82, 2.24) is 5.43 Å². The molecule has 184 valence electrons. The summed E-state index contributed by atoms with van der Waals surface area (Å²) in [6.45, 7) is 0. The normalized spacial score (nSPS) is 10.9. The van der Waals surface area contributed by atoms with E-state index < -0.39 is 17.8 Å². The van der Waals surface area contributed by atoms with Crippen molar-refractivity contribution in [3.63, 3.8) is 0 Å². The number of rotatable bonds is 8. The first-order valence-corrected chi connectivity index (χ1v) is 11.3. The summed E-state index contributed by atoms with van der Waals surface area (Å²) < 4.78 is 15.9. The quantitative estimate of drug-likeness (QED) is 0.109. The number of hydrogen-bond donors (Lipinski definition) is 1. The number of para-hydroxylation sites is 2. The standard InChI is InChI=1S/C28H19ClN2O6/c29-22-14-11-20(12-15-22)28(34)37-23-8-3-1-6-19(23)13-16-26(32)36-24-9-4-2-7-21(24)18-30-31-27(33)25-10-5-17-35-25/h1-18H,(H,31,33)/b16-13+,30-18+. The monoisotopic (exact) mass is 514 g/mol. The van der Waals surface area contributed by atoms with E-state index in [-0.39, 0.29) is 17.3 Å². The van der Waals surface area contributed by atoms with Crippen molar-refractivity contribution in [3.05, 3.63) is 125 Å². The number of nitrogens with zero attached hydrogens (tertiary/aromatic N) is 1. The van der Waals surface area contributed by atoms with Crippen molar-refractivity contribution in [1.29, 1.82) is 0 Å². The molecular weight excluding hydrogens is 496 g/mol. The molecule has 0 unspecified atom stereocenters. The maximum Gasteiger partial charge on any atom is 0.343 e. The van der Waals surface area contributed by atoms with Crippen LogP contribution in [0.15, 0.2) is 107 Å². The van der Waals surface area contributed by atoms with Crippen molar-refractivity contribution < 1.29 is 28.3 Å². The Kier molecular flexibility index (Phi) is 8.26. The summed E-state index contributed by atoms with van der Waals surface area (Å²) in [6, 6.07) is 22.8. The molecule has 0 aliphatic rings. The molecule has 0 saturated carbocycles. The highest BCUT2D eigenvalue weighted by molar-refractivity contribution is 6.30. The van der Waals surface area contributed by atoms with Gasteiger partial charge in [-0.3, -0.25) is 4.79 Å². The zero-order chi connectivity index (χ0) is 26.0. The van der Waals surface area contributed by atoms with Crippen molar-refractivity contribution >= 4 is 41.7 Å². The fraction of sp³-hybridized carbons (Fsp3) is 0. The lowest BCUT2D eigenvalue weighted by Gasteiger charge is -2.08. The van der Waals surface area contributed by atoms with E-state index in [1.54, 1.807) is 78.9 Å². The highest BCUT2D eigenvalue weighted by Crippen LogP contribution is 2.22. The highest BCUT2D eigenvalue weighted by Gasteiger charge is 2.12. The smallest absolute Gasteiger partial charge is 0.343 e. The number of esters is 2. The minimum Gasteiger partial charge on any atom is -0.459 e. The first kappa shape index (κ1) is 25.2. The second kappa shape index (κ2) is 12.1. The minimum atomic E-state index is -0.667. The van der Waals surface area contributed by atoms with Crippen LogP contribution in [0, 0.1) is 0 Å². The SMILES string of the molecule is O=C(/C=C/c1ccccc1OC(=O)c1ccc(Cl)cc1)Oc1ccccc1/C=N/NC(=O)c1ccco1. The summed E-state index contributed by atoms with van der Waals surface area (Å²) >= 11 is 5.86. The molecule has 1 N–H and O–H groups in total. The van der Waals surface area contributed by atoms with Crippen LogP contribution < -0.4 is 14.9 Å². The van der Waals surface area contributed by atoms with Gasteiger partial charge in [-0.1, -0.05) is 41.9 Å².